The summed E-state index contributed by atoms with van der Waals surface area (Å²) in [7, 11) is 0. The zero-order valence-electron chi connectivity index (χ0n) is 17.7. The third-order valence-corrected chi connectivity index (χ3v) is 6.13. The Bertz CT molecular complexity index is 583. The van der Waals surface area contributed by atoms with Crippen LogP contribution >= 0.6 is 24.0 Å². The first-order chi connectivity index (χ1) is 13.8. The third-order valence-electron chi connectivity index (χ3n) is 6.13. The van der Waals surface area contributed by atoms with Gasteiger partial charge in [0.2, 0.25) is 5.91 Å². The smallest absolute Gasteiger partial charge is 0.352 e. The Morgan fingerprint density at radius 2 is 1.63 bits per heavy atom. The van der Waals surface area contributed by atoms with E-state index in [0.717, 1.165) is 38.6 Å². The largest absolute Gasteiger partial charge is 0.401 e. The van der Waals surface area contributed by atoms with Gasteiger partial charge >= 0.3 is 6.18 Å². The minimum absolute atomic E-state index is 0. The van der Waals surface area contributed by atoms with E-state index in [-0.39, 0.29) is 47.9 Å². The lowest BCUT2D eigenvalue weighted by atomic mass is 9.88. The second-order valence-corrected chi connectivity index (χ2v) is 8.55. The Hall–Kier alpha value is -0.780. The number of guanidine groups is 1. The fourth-order valence-electron chi connectivity index (χ4n) is 4.71. The summed E-state index contributed by atoms with van der Waals surface area (Å²) >= 11 is 0. The molecule has 2 heterocycles. The van der Waals surface area contributed by atoms with Crippen molar-refractivity contribution in [2.75, 3.05) is 39.3 Å². The molecule has 3 aliphatic rings. The molecule has 0 bridgehead atoms. The number of halogens is 4. The number of nitrogens with one attached hydrogen (secondary N) is 2. The summed E-state index contributed by atoms with van der Waals surface area (Å²) < 4.78 is 37.8. The van der Waals surface area contributed by atoms with Gasteiger partial charge < -0.3 is 15.5 Å². The van der Waals surface area contributed by atoms with E-state index in [9.17, 15) is 18.0 Å². The molecule has 0 radical (unpaired) electrons. The van der Waals surface area contributed by atoms with Gasteiger partial charge in [0.25, 0.3) is 0 Å². The number of hydrogen-bond acceptors (Lipinski definition) is 3. The molecule has 0 aromatic rings. The lowest BCUT2D eigenvalue weighted by molar-refractivity contribution is -0.143. The van der Waals surface area contributed by atoms with Crippen LogP contribution in [-0.4, -0.2) is 79.2 Å². The Kier molecular flexibility index (Phi) is 9.96. The predicted octanol–water partition coefficient (Wildman–Crippen LogP) is 2.98. The van der Waals surface area contributed by atoms with E-state index in [1.54, 1.807) is 0 Å². The van der Waals surface area contributed by atoms with Crippen molar-refractivity contribution in [1.82, 2.24) is 20.4 Å². The molecule has 30 heavy (non-hydrogen) atoms. The molecular formula is C20H35F3IN5O. The highest BCUT2D eigenvalue weighted by Gasteiger charge is 2.35. The summed E-state index contributed by atoms with van der Waals surface area (Å²) in [6.07, 6.45) is 2.92. The molecule has 1 aliphatic carbocycles. The van der Waals surface area contributed by atoms with Crippen LogP contribution in [0.3, 0.4) is 0 Å². The molecule has 1 saturated carbocycles. The highest BCUT2D eigenvalue weighted by Crippen LogP contribution is 2.27. The first kappa shape index (κ1) is 25.5. The highest BCUT2D eigenvalue weighted by molar-refractivity contribution is 14.0. The van der Waals surface area contributed by atoms with Crippen LogP contribution in [0, 0.1) is 5.92 Å². The zero-order chi connectivity index (χ0) is 20.9. The Morgan fingerprint density at radius 3 is 2.27 bits per heavy atom. The van der Waals surface area contributed by atoms with Gasteiger partial charge in [0.15, 0.2) is 5.96 Å². The van der Waals surface area contributed by atoms with Gasteiger partial charge in [-0.1, -0.05) is 19.3 Å². The Labute approximate surface area is 194 Å². The van der Waals surface area contributed by atoms with E-state index in [4.69, 9.17) is 0 Å². The fourth-order valence-corrected chi connectivity index (χ4v) is 4.71. The second kappa shape index (κ2) is 11.7. The van der Waals surface area contributed by atoms with E-state index in [1.807, 2.05) is 11.8 Å². The van der Waals surface area contributed by atoms with Crippen LogP contribution in [0.5, 0.6) is 0 Å². The lowest BCUT2D eigenvalue weighted by Crippen LogP contribution is -2.49. The molecular weight excluding hydrogens is 510 g/mol. The fraction of sp³-hybridized carbons (Fsp3) is 0.900. The molecule has 2 N–H and O–H groups in total. The standard InChI is InChI=1S/C20H34F3N5O.HI/c1-2-24-19(25-16-8-10-27(12-16)14-20(21,22)23)26-17-9-11-28(13-17)18(29)15-6-4-3-5-7-15;/h15-17H,2-14H2,1H3,(H2,24,25,26);1H. The van der Waals surface area contributed by atoms with Gasteiger partial charge in [-0.05, 0) is 32.6 Å². The number of alkyl halides is 3. The number of likely N-dealkylation sites (tertiary alicyclic amines) is 2. The van der Waals surface area contributed by atoms with Crippen LogP contribution in [0.2, 0.25) is 0 Å². The minimum atomic E-state index is -4.16. The lowest BCUT2D eigenvalue weighted by Gasteiger charge is -2.26. The van der Waals surface area contributed by atoms with Gasteiger partial charge in [0.05, 0.1) is 6.54 Å². The van der Waals surface area contributed by atoms with Crippen LogP contribution in [0.4, 0.5) is 13.2 Å². The first-order valence-corrected chi connectivity index (χ1v) is 11.0. The number of amides is 1. The molecule has 2 aliphatic heterocycles. The van der Waals surface area contributed by atoms with Crippen molar-refractivity contribution in [2.24, 2.45) is 10.9 Å². The summed E-state index contributed by atoms with van der Waals surface area (Å²) in [5.74, 6) is 1.11. The van der Waals surface area contributed by atoms with Crippen LogP contribution in [0.25, 0.3) is 0 Å². The van der Waals surface area contributed by atoms with E-state index < -0.39 is 12.7 Å². The quantitative estimate of drug-likeness (QED) is 0.317. The Morgan fingerprint density at radius 1 is 1.00 bits per heavy atom. The van der Waals surface area contributed by atoms with Crippen LogP contribution in [-0.2, 0) is 4.79 Å². The monoisotopic (exact) mass is 545 g/mol. The van der Waals surface area contributed by atoms with Crippen molar-refractivity contribution >= 4 is 35.8 Å². The van der Waals surface area contributed by atoms with Gasteiger partial charge in [0, 0.05) is 50.7 Å². The molecule has 0 aromatic heterocycles. The highest BCUT2D eigenvalue weighted by atomic mass is 127. The molecule has 2 unspecified atom stereocenters. The van der Waals surface area contributed by atoms with Gasteiger partial charge in [-0.3, -0.25) is 14.7 Å². The molecule has 3 fully saturated rings. The van der Waals surface area contributed by atoms with E-state index in [2.05, 4.69) is 15.6 Å². The molecule has 2 saturated heterocycles. The number of carbonyl (C=O) groups is 1. The number of aliphatic imine (C=N–C) groups is 1. The SMILES string of the molecule is CCN=C(NC1CCN(CC(F)(F)F)C1)NC1CCN(C(=O)C2CCCCC2)C1.I. The second-order valence-electron chi connectivity index (χ2n) is 8.55. The molecule has 0 spiro atoms. The maximum atomic E-state index is 12.7. The Balaban J connectivity index is 0.00000320. The molecule has 1 amide bonds. The molecule has 174 valence electrons. The van der Waals surface area contributed by atoms with Crippen molar-refractivity contribution in [3.05, 3.63) is 0 Å². The van der Waals surface area contributed by atoms with Crippen molar-refractivity contribution in [3.8, 4) is 0 Å². The van der Waals surface area contributed by atoms with Crippen molar-refractivity contribution in [1.29, 1.82) is 0 Å². The maximum absolute atomic E-state index is 12.7. The number of carbonyl (C=O) groups excluding carboxylic acids is 1. The molecule has 2 atom stereocenters. The van der Waals surface area contributed by atoms with Gasteiger partial charge in [-0.15, -0.1) is 24.0 Å². The topological polar surface area (TPSA) is 60.0 Å². The maximum Gasteiger partial charge on any atom is 0.401 e. The predicted molar refractivity (Wildman–Crippen MR) is 122 cm³/mol. The average Bonchev–Trinajstić information content (AvgIpc) is 3.30. The van der Waals surface area contributed by atoms with Gasteiger partial charge in [-0.25, -0.2) is 0 Å². The van der Waals surface area contributed by atoms with Crippen LogP contribution in [0.15, 0.2) is 4.99 Å². The van der Waals surface area contributed by atoms with Crippen LogP contribution < -0.4 is 10.6 Å². The van der Waals surface area contributed by atoms with E-state index in [1.165, 1.54) is 11.3 Å². The third kappa shape index (κ3) is 7.72. The minimum Gasteiger partial charge on any atom is -0.352 e. The van der Waals surface area contributed by atoms with Gasteiger partial charge in [0.1, 0.15) is 0 Å². The van der Waals surface area contributed by atoms with Gasteiger partial charge in [-0.2, -0.15) is 13.2 Å². The van der Waals surface area contributed by atoms with E-state index >= 15 is 0 Å². The molecule has 6 nitrogen and oxygen atoms in total. The number of nitrogens with zero attached hydrogens (tertiary/aromatic N) is 3. The summed E-state index contributed by atoms with van der Waals surface area (Å²) in [6.45, 7) is 3.89. The summed E-state index contributed by atoms with van der Waals surface area (Å²) in [5.41, 5.74) is 0. The van der Waals surface area contributed by atoms with Crippen molar-refractivity contribution < 1.29 is 18.0 Å². The molecule has 3 rings (SSSR count). The first-order valence-electron chi connectivity index (χ1n) is 11.0. The summed E-state index contributed by atoms with van der Waals surface area (Å²) in [5, 5.41) is 6.69. The average molecular weight is 545 g/mol. The van der Waals surface area contributed by atoms with Crippen molar-refractivity contribution in [2.45, 2.75) is 70.1 Å². The van der Waals surface area contributed by atoms with E-state index in [0.29, 0.717) is 38.6 Å². The summed E-state index contributed by atoms with van der Waals surface area (Å²) in [6, 6.07) is 0.0875. The number of rotatable bonds is 5. The number of hydrogen-bond donors (Lipinski definition) is 2. The normalized spacial score (nSPS) is 26.5. The van der Waals surface area contributed by atoms with Crippen molar-refractivity contribution in [3.63, 3.8) is 0 Å². The molecule has 0 aromatic carbocycles. The molecule has 10 heteroatoms. The van der Waals surface area contributed by atoms with Crippen LogP contribution in [0.1, 0.15) is 51.9 Å². The summed E-state index contributed by atoms with van der Waals surface area (Å²) in [4.78, 5) is 20.6. The zero-order valence-corrected chi connectivity index (χ0v) is 20.0.